The number of hydrogen-bond acceptors (Lipinski definition) is 3. The van der Waals surface area contributed by atoms with E-state index in [9.17, 15) is 9.18 Å². The molecule has 0 bridgehead atoms. The standard InChI is InChI=1S/C24H22FN3O/c1-2-3-23(29)28-22-11-9-20-21(27-22)10-8-19(16-4-6-18(25)7-5-16)24(20)17-12-14-26-15-13-17/h4-7,9,11-15H,2-3,8,10H2,1H3,(H,27,28,29). The number of carbonyl (C=O) groups excluding carboxylic acids is 1. The van der Waals surface area contributed by atoms with Gasteiger partial charge in [0.25, 0.3) is 0 Å². The molecular formula is C24H22FN3O. The number of fused-ring (bicyclic) bond motifs is 1. The van der Waals surface area contributed by atoms with Gasteiger partial charge in [0, 0.05) is 24.4 Å². The molecule has 2 aromatic heterocycles. The molecule has 1 aliphatic rings. The molecule has 1 amide bonds. The third-order valence-electron chi connectivity index (χ3n) is 5.06. The Hall–Kier alpha value is -3.34. The summed E-state index contributed by atoms with van der Waals surface area (Å²) in [6.45, 7) is 1.97. The minimum absolute atomic E-state index is 0.0207. The van der Waals surface area contributed by atoms with Crippen LogP contribution in [0.15, 0.2) is 60.9 Å². The third-order valence-corrected chi connectivity index (χ3v) is 5.06. The number of aromatic nitrogens is 2. The van der Waals surface area contributed by atoms with E-state index >= 15 is 0 Å². The Labute approximate surface area is 169 Å². The highest BCUT2D eigenvalue weighted by Crippen LogP contribution is 2.40. The molecule has 4 nitrogen and oxygen atoms in total. The topological polar surface area (TPSA) is 54.9 Å². The zero-order valence-corrected chi connectivity index (χ0v) is 16.3. The second-order valence-corrected chi connectivity index (χ2v) is 7.09. The number of aryl methyl sites for hydroxylation is 1. The molecule has 0 saturated heterocycles. The first-order valence-electron chi connectivity index (χ1n) is 9.85. The van der Waals surface area contributed by atoms with Crippen LogP contribution in [-0.2, 0) is 11.2 Å². The first kappa shape index (κ1) is 19.0. The van der Waals surface area contributed by atoms with Crippen molar-refractivity contribution in [1.29, 1.82) is 0 Å². The van der Waals surface area contributed by atoms with Gasteiger partial charge in [-0.15, -0.1) is 0 Å². The number of anilines is 1. The van der Waals surface area contributed by atoms with E-state index in [0.29, 0.717) is 12.2 Å². The maximum atomic E-state index is 13.4. The van der Waals surface area contributed by atoms with Gasteiger partial charge in [0.15, 0.2) is 0 Å². The zero-order valence-electron chi connectivity index (χ0n) is 16.3. The number of amides is 1. The molecule has 1 aliphatic carbocycles. The van der Waals surface area contributed by atoms with Crippen molar-refractivity contribution in [3.63, 3.8) is 0 Å². The number of allylic oxidation sites excluding steroid dienone is 1. The predicted molar refractivity (Wildman–Crippen MR) is 113 cm³/mol. The summed E-state index contributed by atoms with van der Waals surface area (Å²) >= 11 is 0. The van der Waals surface area contributed by atoms with Gasteiger partial charge in [-0.1, -0.05) is 19.1 Å². The molecule has 0 atom stereocenters. The fraction of sp³-hybridized carbons (Fsp3) is 0.208. The lowest BCUT2D eigenvalue weighted by Crippen LogP contribution is -2.14. The van der Waals surface area contributed by atoms with E-state index in [1.807, 2.05) is 43.3 Å². The molecule has 29 heavy (non-hydrogen) atoms. The zero-order chi connectivity index (χ0) is 20.2. The van der Waals surface area contributed by atoms with E-state index in [4.69, 9.17) is 4.98 Å². The molecule has 1 N–H and O–H groups in total. The van der Waals surface area contributed by atoms with Crippen LogP contribution >= 0.6 is 0 Å². The van der Waals surface area contributed by atoms with Crippen LogP contribution in [-0.4, -0.2) is 15.9 Å². The number of carbonyl (C=O) groups is 1. The van der Waals surface area contributed by atoms with Crippen molar-refractivity contribution in [1.82, 2.24) is 9.97 Å². The van der Waals surface area contributed by atoms with Crippen LogP contribution in [0.25, 0.3) is 11.1 Å². The highest BCUT2D eigenvalue weighted by atomic mass is 19.1. The third kappa shape index (κ3) is 4.09. The summed E-state index contributed by atoms with van der Waals surface area (Å²) in [5.41, 5.74) is 6.29. The van der Waals surface area contributed by atoms with Crippen molar-refractivity contribution in [3.05, 3.63) is 89.1 Å². The van der Waals surface area contributed by atoms with Crippen molar-refractivity contribution in [2.75, 3.05) is 5.32 Å². The number of benzene rings is 1. The van der Waals surface area contributed by atoms with Crippen LogP contribution in [0.1, 0.15) is 48.6 Å². The molecular weight excluding hydrogens is 365 g/mol. The first-order chi connectivity index (χ1) is 14.2. The molecule has 5 heteroatoms. The minimum atomic E-state index is -0.245. The van der Waals surface area contributed by atoms with E-state index in [-0.39, 0.29) is 11.7 Å². The summed E-state index contributed by atoms with van der Waals surface area (Å²) in [5.74, 6) is 0.319. The van der Waals surface area contributed by atoms with Gasteiger partial charge in [0.05, 0.1) is 5.69 Å². The van der Waals surface area contributed by atoms with E-state index < -0.39 is 0 Å². The maximum absolute atomic E-state index is 13.4. The number of halogens is 1. The van der Waals surface area contributed by atoms with E-state index in [1.165, 1.54) is 12.1 Å². The lowest BCUT2D eigenvalue weighted by Gasteiger charge is -2.24. The lowest BCUT2D eigenvalue weighted by atomic mass is 9.82. The molecule has 3 aromatic rings. The van der Waals surface area contributed by atoms with Crippen LogP contribution < -0.4 is 5.32 Å². The van der Waals surface area contributed by atoms with Crippen LogP contribution in [0.5, 0.6) is 0 Å². The minimum Gasteiger partial charge on any atom is -0.311 e. The second kappa shape index (κ2) is 8.35. The van der Waals surface area contributed by atoms with E-state index in [0.717, 1.165) is 52.8 Å². The Bertz CT molecular complexity index is 1060. The van der Waals surface area contributed by atoms with Crippen LogP contribution in [0, 0.1) is 5.82 Å². The molecule has 0 unspecified atom stereocenters. The Morgan fingerprint density at radius 3 is 2.48 bits per heavy atom. The smallest absolute Gasteiger partial charge is 0.225 e. The van der Waals surface area contributed by atoms with Crippen molar-refractivity contribution in [2.24, 2.45) is 0 Å². The number of pyridine rings is 2. The Morgan fingerprint density at radius 2 is 1.76 bits per heavy atom. The van der Waals surface area contributed by atoms with Crippen molar-refractivity contribution < 1.29 is 9.18 Å². The average Bonchev–Trinajstić information content (AvgIpc) is 2.74. The quantitative estimate of drug-likeness (QED) is 0.650. The highest BCUT2D eigenvalue weighted by molar-refractivity contribution is 6.00. The summed E-state index contributed by atoms with van der Waals surface area (Å²) < 4.78 is 13.4. The average molecular weight is 387 g/mol. The highest BCUT2D eigenvalue weighted by Gasteiger charge is 2.23. The van der Waals surface area contributed by atoms with Crippen LogP contribution in [0.2, 0.25) is 0 Å². The summed E-state index contributed by atoms with van der Waals surface area (Å²) in [6.07, 6.45) is 6.36. The summed E-state index contributed by atoms with van der Waals surface area (Å²) in [5, 5.41) is 2.88. The number of nitrogens with zero attached hydrogens (tertiary/aromatic N) is 2. The molecule has 0 aliphatic heterocycles. The van der Waals surface area contributed by atoms with Crippen LogP contribution in [0.3, 0.4) is 0 Å². The normalized spacial score (nSPS) is 13.2. The predicted octanol–water partition coefficient (Wildman–Crippen LogP) is 5.26. The SMILES string of the molecule is CCCC(=O)Nc1ccc2c(n1)CCC(c1ccc(F)cc1)=C2c1ccncc1. The fourth-order valence-electron chi connectivity index (χ4n) is 3.74. The lowest BCUT2D eigenvalue weighted by molar-refractivity contribution is -0.116. The monoisotopic (exact) mass is 387 g/mol. The largest absolute Gasteiger partial charge is 0.311 e. The number of nitrogens with one attached hydrogen (secondary N) is 1. The van der Waals surface area contributed by atoms with Gasteiger partial charge in [-0.25, -0.2) is 9.37 Å². The fourth-order valence-corrected chi connectivity index (χ4v) is 3.74. The maximum Gasteiger partial charge on any atom is 0.225 e. The Morgan fingerprint density at radius 1 is 1.00 bits per heavy atom. The van der Waals surface area contributed by atoms with Crippen molar-refractivity contribution >= 4 is 22.9 Å². The van der Waals surface area contributed by atoms with Gasteiger partial charge in [-0.2, -0.15) is 0 Å². The van der Waals surface area contributed by atoms with Gasteiger partial charge < -0.3 is 5.32 Å². The Balaban J connectivity index is 1.81. The first-order valence-corrected chi connectivity index (χ1v) is 9.85. The van der Waals surface area contributed by atoms with Gasteiger partial charge in [-0.05, 0) is 77.9 Å². The molecule has 0 spiro atoms. The summed E-state index contributed by atoms with van der Waals surface area (Å²) in [7, 11) is 0. The molecule has 0 fully saturated rings. The second-order valence-electron chi connectivity index (χ2n) is 7.09. The van der Waals surface area contributed by atoms with Gasteiger partial charge >= 0.3 is 0 Å². The van der Waals surface area contributed by atoms with E-state index in [1.54, 1.807) is 12.4 Å². The Kier molecular flexibility index (Phi) is 5.47. The van der Waals surface area contributed by atoms with Crippen LogP contribution in [0.4, 0.5) is 10.2 Å². The van der Waals surface area contributed by atoms with Gasteiger partial charge in [0.2, 0.25) is 5.91 Å². The molecule has 146 valence electrons. The molecule has 0 radical (unpaired) electrons. The molecule has 0 saturated carbocycles. The summed E-state index contributed by atoms with van der Waals surface area (Å²) in [6, 6.07) is 14.5. The van der Waals surface area contributed by atoms with Gasteiger partial charge in [0.1, 0.15) is 11.6 Å². The molecule has 4 rings (SSSR count). The summed E-state index contributed by atoms with van der Waals surface area (Å²) in [4.78, 5) is 20.8. The van der Waals surface area contributed by atoms with Crippen molar-refractivity contribution in [3.8, 4) is 0 Å². The molecule has 1 aromatic carbocycles. The van der Waals surface area contributed by atoms with Crippen molar-refractivity contribution in [2.45, 2.75) is 32.6 Å². The van der Waals surface area contributed by atoms with E-state index in [2.05, 4.69) is 10.3 Å². The number of rotatable bonds is 5. The number of hydrogen-bond donors (Lipinski definition) is 1. The molecule has 2 heterocycles. The van der Waals surface area contributed by atoms with Gasteiger partial charge in [-0.3, -0.25) is 9.78 Å².